The number of halogens is 3. The summed E-state index contributed by atoms with van der Waals surface area (Å²) >= 11 is 0. The third-order valence-electron chi connectivity index (χ3n) is 10.2. The zero-order valence-electron chi connectivity index (χ0n) is 32.3. The summed E-state index contributed by atoms with van der Waals surface area (Å²) in [6, 6.07) is 6.21. The smallest absolute Gasteiger partial charge is 1.00 e. The SMILES string of the molecule is COc1cc(C)c(OC)c([Si](c2c(C)c(OC)cc(C)c2OC)(c2c(C)c(OC)cc(C)c2OC)[c-]2c(C)c(C)c(C)c2C)c1C.[Cl-].[Cl-].[Cl-].[Ti+4]. The Bertz CT molecular complexity index is 1650. The molecular weight excluding hydrogens is 747 g/mol. The van der Waals surface area contributed by atoms with Crippen LogP contribution in [0.3, 0.4) is 0 Å². The number of hydrogen-bond acceptors (Lipinski definition) is 6. The van der Waals surface area contributed by atoms with Gasteiger partial charge in [-0.05, 0) is 109 Å². The zero-order chi connectivity index (χ0) is 34.4. The Hall–Kier alpha value is -2.39. The van der Waals surface area contributed by atoms with E-state index in [1.165, 1.54) is 27.4 Å². The fourth-order valence-corrected chi connectivity index (χ4v) is 14.9. The van der Waals surface area contributed by atoms with Crippen LogP contribution in [0.4, 0.5) is 0 Å². The molecule has 4 aromatic rings. The fourth-order valence-electron chi connectivity index (χ4n) is 7.89. The molecule has 0 aliphatic carbocycles. The van der Waals surface area contributed by atoms with Gasteiger partial charge in [0, 0.05) is 0 Å². The minimum atomic E-state index is -3.58. The fraction of sp³-hybridized carbons (Fsp3) is 0.410. The number of rotatable bonds is 10. The maximum Gasteiger partial charge on any atom is 4.00 e. The van der Waals surface area contributed by atoms with Crippen LogP contribution in [0.5, 0.6) is 34.5 Å². The van der Waals surface area contributed by atoms with Crippen LogP contribution in [0.15, 0.2) is 18.2 Å². The molecule has 50 heavy (non-hydrogen) atoms. The minimum absolute atomic E-state index is 0. The van der Waals surface area contributed by atoms with E-state index in [0.29, 0.717) is 0 Å². The van der Waals surface area contributed by atoms with E-state index in [-0.39, 0.29) is 58.9 Å². The van der Waals surface area contributed by atoms with Crippen molar-refractivity contribution in [3.05, 3.63) is 73.8 Å². The van der Waals surface area contributed by atoms with E-state index in [1.54, 1.807) is 42.7 Å². The van der Waals surface area contributed by atoms with Crippen LogP contribution in [0, 0.1) is 69.2 Å². The third kappa shape index (κ3) is 7.03. The molecule has 0 heterocycles. The van der Waals surface area contributed by atoms with Crippen molar-refractivity contribution in [2.75, 3.05) is 42.7 Å². The summed E-state index contributed by atoms with van der Waals surface area (Å²) in [5.74, 6) is 4.87. The Morgan fingerprint density at radius 2 is 0.640 bits per heavy atom. The average molecular weight is 798 g/mol. The molecule has 4 aromatic carbocycles. The molecule has 0 aliphatic rings. The summed E-state index contributed by atoms with van der Waals surface area (Å²) in [4.78, 5) is 0. The van der Waals surface area contributed by atoms with Crippen LogP contribution in [0.1, 0.15) is 55.6 Å². The number of aryl methyl sites for hydroxylation is 3. The number of methoxy groups -OCH3 is 6. The molecule has 4 rings (SSSR count). The molecule has 11 heteroatoms. The zero-order valence-corrected chi connectivity index (χ0v) is 37.1. The summed E-state index contributed by atoms with van der Waals surface area (Å²) < 4.78 is 37.8. The first-order valence-corrected chi connectivity index (χ1v) is 17.7. The summed E-state index contributed by atoms with van der Waals surface area (Å²) in [5.41, 5.74) is 11.0. The molecule has 0 bridgehead atoms. The van der Waals surface area contributed by atoms with Crippen molar-refractivity contribution in [1.82, 2.24) is 0 Å². The van der Waals surface area contributed by atoms with Crippen LogP contribution in [0.25, 0.3) is 0 Å². The maximum absolute atomic E-state index is 6.48. The number of benzene rings is 3. The van der Waals surface area contributed by atoms with Gasteiger partial charge in [-0.3, -0.25) is 0 Å². The van der Waals surface area contributed by atoms with Gasteiger partial charge in [0.05, 0.1) is 42.7 Å². The van der Waals surface area contributed by atoms with Crippen molar-refractivity contribution in [3.63, 3.8) is 0 Å². The summed E-state index contributed by atoms with van der Waals surface area (Å²) in [7, 11) is 6.91. The maximum atomic E-state index is 6.48. The van der Waals surface area contributed by atoms with Crippen LogP contribution in [-0.2, 0) is 21.7 Å². The van der Waals surface area contributed by atoms with E-state index in [1.807, 2.05) is 0 Å². The van der Waals surface area contributed by atoms with Gasteiger partial charge < -0.3 is 65.6 Å². The van der Waals surface area contributed by atoms with Crippen molar-refractivity contribution in [1.29, 1.82) is 0 Å². The second-order valence-electron chi connectivity index (χ2n) is 12.4. The second kappa shape index (κ2) is 18.4. The monoisotopic (exact) mass is 796 g/mol. The minimum Gasteiger partial charge on any atom is -1.00 e. The van der Waals surface area contributed by atoms with Crippen LogP contribution in [-0.4, -0.2) is 50.7 Å². The van der Waals surface area contributed by atoms with Crippen LogP contribution < -0.4 is 86.4 Å². The predicted molar refractivity (Wildman–Crippen MR) is 192 cm³/mol. The third-order valence-corrected chi connectivity index (χ3v) is 15.8. The molecular formula is C39H51Cl3O6SiTi. The Balaban J connectivity index is 0.00000600. The number of hydrogen-bond donors (Lipinski definition) is 0. The first-order valence-electron chi connectivity index (χ1n) is 15.7. The normalized spacial score (nSPS) is 10.6. The Morgan fingerprint density at radius 3 is 0.840 bits per heavy atom. The average Bonchev–Trinajstić information content (AvgIpc) is 3.23. The quantitative estimate of drug-likeness (QED) is 0.0967. The second-order valence-corrected chi connectivity index (χ2v) is 15.9. The molecule has 0 unspecified atom stereocenters. The molecule has 6 nitrogen and oxygen atoms in total. The largest absolute Gasteiger partial charge is 4.00 e. The van der Waals surface area contributed by atoms with Crippen molar-refractivity contribution in [2.45, 2.75) is 69.2 Å². The van der Waals surface area contributed by atoms with Crippen LogP contribution in [0.2, 0.25) is 0 Å². The van der Waals surface area contributed by atoms with Gasteiger partial charge in [0.1, 0.15) is 42.6 Å². The van der Waals surface area contributed by atoms with Gasteiger partial charge in [0.15, 0.2) is 0 Å². The van der Waals surface area contributed by atoms with Gasteiger partial charge in [-0.25, -0.2) is 0 Å². The molecule has 0 spiro atoms. The topological polar surface area (TPSA) is 55.4 Å². The molecule has 272 valence electrons. The molecule has 0 saturated heterocycles. The molecule has 0 fully saturated rings. The molecule has 0 saturated carbocycles. The van der Waals surface area contributed by atoms with Gasteiger partial charge in [-0.2, -0.15) is 22.3 Å². The summed E-state index contributed by atoms with van der Waals surface area (Å²) in [5, 5.41) is 4.54. The van der Waals surface area contributed by atoms with Gasteiger partial charge in [0.25, 0.3) is 0 Å². The van der Waals surface area contributed by atoms with E-state index in [2.05, 4.69) is 87.4 Å². The number of ether oxygens (including phenoxy) is 6. The van der Waals surface area contributed by atoms with Crippen molar-refractivity contribution < 1.29 is 87.4 Å². The molecule has 0 aromatic heterocycles. The van der Waals surface area contributed by atoms with Crippen molar-refractivity contribution in [2.24, 2.45) is 0 Å². The molecule has 0 N–H and O–H groups in total. The standard InChI is InChI=1S/C39H51O6Si.3ClH.Ti/c1-20-17-30(40-11)27(8)37(33(20)43-14)46(36-25(6)23(4)24(5)26(36)7,38-28(9)31(41-12)18-21(2)34(38)44-15)39-29(10)32(42-13)19-22(3)35(39)45-16;;;;/h17-19H,1-16H3;3*1H;/q-1;;;;+4/p-3. The Kier molecular flexibility index (Phi) is 17.5. The van der Waals surface area contributed by atoms with E-state index >= 15 is 0 Å². The molecule has 0 amide bonds. The first kappa shape index (κ1) is 47.6. The first-order chi connectivity index (χ1) is 21.7. The van der Waals surface area contributed by atoms with E-state index in [4.69, 9.17) is 28.4 Å². The molecule has 0 aliphatic heterocycles. The van der Waals surface area contributed by atoms with Gasteiger partial charge in [0.2, 0.25) is 0 Å². The summed E-state index contributed by atoms with van der Waals surface area (Å²) in [6.45, 7) is 21.7. The van der Waals surface area contributed by atoms with Gasteiger partial charge >= 0.3 is 21.7 Å². The van der Waals surface area contributed by atoms with Crippen LogP contribution >= 0.6 is 0 Å². The predicted octanol–water partition coefficient (Wildman–Crippen LogP) is -3.07. The van der Waals surface area contributed by atoms with Crippen molar-refractivity contribution in [3.8, 4) is 34.5 Å². The molecule has 0 atom stereocenters. The molecule has 0 radical (unpaired) electrons. The van der Waals surface area contributed by atoms with E-state index in [0.717, 1.165) is 83.4 Å². The Morgan fingerprint density at radius 1 is 0.400 bits per heavy atom. The van der Waals surface area contributed by atoms with Crippen molar-refractivity contribution >= 4 is 28.8 Å². The Labute approximate surface area is 334 Å². The summed E-state index contributed by atoms with van der Waals surface area (Å²) in [6.07, 6.45) is 0. The van der Waals surface area contributed by atoms with Gasteiger partial charge in [-0.1, -0.05) is 27.7 Å². The van der Waals surface area contributed by atoms with E-state index < -0.39 is 8.07 Å². The van der Waals surface area contributed by atoms with E-state index in [9.17, 15) is 0 Å². The van der Waals surface area contributed by atoms with Gasteiger partial charge in [-0.15, -0.1) is 5.19 Å².